The second kappa shape index (κ2) is 5.38. The largest absolute Gasteiger partial charge is 0.458 e. The van der Waals surface area contributed by atoms with E-state index in [1.165, 1.54) is 18.4 Å². The van der Waals surface area contributed by atoms with Crippen LogP contribution in [0.3, 0.4) is 0 Å². The monoisotopic (exact) mass is 260 g/mol. The van der Waals surface area contributed by atoms with Crippen molar-refractivity contribution in [1.82, 2.24) is 0 Å². The van der Waals surface area contributed by atoms with Crippen LogP contribution < -0.4 is 0 Å². The zero-order valence-corrected chi connectivity index (χ0v) is 12.4. The van der Waals surface area contributed by atoms with Crippen molar-refractivity contribution in [1.29, 1.82) is 0 Å². The number of furan rings is 1. The van der Waals surface area contributed by atoms with Crippen LogP contribution in [0.5, 0.6) is 0 Å². The highest BCUT2D eigenvalue weighted by Crippen LogP contribution is 2.35. The Bertz CT molecular complexity index is 546. The molecule has 1 aromatic heterocycles. The van der Waals surface area contributed by atoms with Gasteiger partial charge in [-0.1, -0.05) is 40.2 Å². The highest BCUT2D eigenvalue weighted by atomic mass is 16.4. The minimum absolute atomic E-state index is 0.209. The predicted molar refractivity (Wildman–Crippen MR) is 79.2 cm³/mol. The normalized spacial score (nSPS) is 13.9. The second-order valence-corrected chi connectivity index (χ2v) is 6.39. The van der Waals surface area contributed by atoms with Crippen molar-refractivity contribution < 1.29 is 9.52 Å². The molecule has 2 nitrogen and oxygen atoms in total. The first-order valence-corrected chi connectivity index (χ1v) is 7.12. The summed E-state index contributed by atoms with van der Waals surface area (Å²) in [6, 6.07) is 8.28. The van der Waals surface area contributed by atoms with Gasteiger partial charge >= 0.3 is 0 Å². The first-order chi connectivity index (χ1) is 8.91. The number of unbranched alkanes of at least 4 members (excludes halogenated alkanes) is 1. The van der Waals surface area contributed by atoms with Gasteiger partial charge in [0.25, 0.3) is 0 Å². The van der Waals surface area contributed by atoms with Crippen LogP contribution in [0, 0.1) is 5.41 Å². The van der Waals surface area contributed by atoms with Crippen molar-refractivity contribution in [2.45, 2.75) is 53.1 Å². The molecule has 2 aromatic rings. The van der Waals surface area contributed by atoms with Gasteiger partial charge < -0.3 is 9.52 Å². The molecular weight excluding hydrogens is 236 g/mol. The smallest absolute Gasteiger partial charge is 0.134 e. The van der Waals surface area contributed by atoms with E-state index < -0.39 is 6.10 Å². The molecule has 0 saturated carbocycles. The van der Waals surface area contributed by atoms with Gasteiger partial charge in [0.1, 0.15) is 17.4 Å². The van der Waals surface area contributed by atoms with E-state index in [4.69, 9.17) is 4.42 Å². The third-order valence-electron chi connectivity index (χ3n) is 3.51. The van der Waals surface area contributed by atoms with Crippen molar-refractivity contribution >= 4 is 11.0 Å². The van der Waals surface area contributed by atoms with Crippen LogP contribution in [0.2, 0.25) is 0 Å². The standard InChI is InChI=1S/C17H24O2/c1-5-6-7-12-8-9-14-13(10-12)11-15(19-14)16(18)17(2,3)4/h8-11,16,18H,5-7H2,1-4H3. The lowest BCUT2D eigenvalue weighted by molar-refractivity contribution is 0.0448. The van der Waals surface area contributed by atoms with Crippen molar-refractivity contribution in [3.63, 3.8) is 0 Å². The number of fused-ring (bicyclic) bond motifs is 1. The summed E-state index contributed by atoms with van der Waals surface area (Å²) in [7, 11) is 0. The van der Waals surface area contributed by atoms with Gasteiger partial charge in [-0.3, -0.25) is 0 Å². The second-order valence-electron chi connectivity index (χ2n) is 6.39. The van der Waals surface area contributed by atoms with Crippen LogP contribution in [0.15, 0.2) is 28.7 Å². The number of aryl methyl sites for hydroxylation is 1. The molecule has 1 atom stereocenters. The summed E-state index contributed by atoms with van der Waals surface area (Å²) in [5, 5.41) is 11.4. The Kier molecular flexibility index (Phi) is 4.00. The molecule has 19 heavy (non-hydrogen) atoms. The van der Waals surface area contributed by atoms with Gasteiger partial charge in [0.15, 0.2) is 0 Å². The SMILES string of the molecule is CCCCc1ccc2oc(C(O)C(C)(C)C)cc2c1. The lowest BCUT2D eigenvalue weighted by Gasteiger charge is -2.23. The molecule has 0 fully saturated rings. The minimum Gasteiger partial charge on any atom is -0.458 e. The summed E-state index contributed by atoms with van der Waals surface area (Å²) in [5.41, 5.74) is 1.99. The number of aliphatic hydroxyl groups is 1. The Morgan fingerprint density at radius 3 is 2.58 bits per heavy atom. The topological polar surface area (TPSA) is 33.4 Å². The number of hydrogen-bond donors (Lipinski definition) is 1. The number of aliphatic hydroxyl groups excluding tert-OH is 1. The maximum atomic E-state index is 10.3. The fraction of sp³-hybridized carbons (Fsp3) is 0.529. The number of hydrogen-bond acceptors (Lipinski definition) is 2. The molecule has 0 aliphatic carbocycles. The maximum Gasteiger partial charge on any atom is 0.134 e. The number of rotatable bonds is 4. The molecule has 1 N–H and O–H groups in total. The lowest BCUT2D eigenvalue weighted by Crippen LogP contribution is -2.16. The molecule has 0 aliphatic heterocycles. The molecule has 0 amide bonds. The highest BCUT2D eigenvalue weighted by Gasteiger charge is 2.26. The van der Waals surface area contributed by atoms with E-state index in [-0.39, 0.29) is 5.41 Å². The van der Waals surface area contributed by atoms with Gasteiger partial charge in [0, 0.05) is 5.39 Å². The van der Waals surface area contributed by atoms with Crippen LogP contribution in [0.1, 0.15) is 58.0 Å². The van der Waals surface area contributed by atoms with Gasteiger partial charge in [0.05, 0.1) is 0 Å². The van der Waals surface area contributed by atoms with Crippen LogP contribution >= 0.6 is 0 Å². The molecule has 0 spiro atoms. The number of benzene rings is 1. The molecule has 0 radical (unpaired) electrons. The average molecular weight is 260 g/mol. The molecule has 2 heteroatoms. The van der Waals surface area contributed by atoms with Crippen molar-refractivity contribution in [3.8, 4) is 0 Å². The summed E-state index contributed by atoms with van der Waals surface area (Å²) in [6.07, 6.45) is 2.95. The maximum absolute atomic E-state index is 10.3. The first-order valence-electron chi connectivity index (χ1n) is 7.12. The fourth-order valence-electron chi connectivity index (χ4n) is 2.21. The van der Waals surface area contributed by atoms with Crippen LogP contribution in [-0.4, -0.2) is 5.11 Å². The van der Waals surface area contributed by atoms with E-state index in [1.807, 2.05) is 32.9 Å². The summed E-state index contributed by atoms with van der Waals surface area (Å²) >= 11 is 0. The van der Waals surface area contributed by atoms with Gasteiger partial charge in [0.2, 0.25) is 0 Å². The van der Waals surface area contributed by atoms with E-state index in [9.17, 15) is 5.11 Å². The quantitative estimate of drug-likeness (QED) is 0.852. The predicted octanol–water partition coefficient (Wildman–Crippen LogP) is 4.85. The molecule has 104 valence electrons. The first kappa shape index (κ1) is 14.1. The lowest BCUT2D eigenvalue weighted by atomic mass is 9.88. The Morgan fingerprint density at radius 2 is 1.95 bits per heavy atom. The van der Waals surface area contributed by atoms with Gasteiger partial charge in [-0.15, -0.1) is 0 Å². The van der Waals surface area contributed by atoms with Crippen molar-refractivity contribution in [2.75, 3.05) is 0 Å². The van der Waals surface area contributed by atoms with Crippen LogP contribution in [0.4, 0.5) is 0 Å². The molecule has 0 saturated heterocycles. The minimum atomic E-state index is -0.570. The van der Waals surface area contributed by atoms with Gasteiger partial charge in [-0.2, -0.15) is 0 Å². The van der Waals surface area contributed by atoms with Gasteiger partial charge in [-0.05, 0) is 42.0 Å². The Hall–Kier alpha value is -1.28. The van der Waals surface area contributed by atoms with E-state index >= 15 is 0 Å². The van der Waals surface area contributed by atoms with E-state index in [2.05, 4.69) is 19.1 Å². The zero-order valence-electron chi connectivity index (χ0n) is 12.4. The zero-order chi connectivity index (χ0) is 14.0. The fourth-order valence-corrected chi connectivity index (χ4v) is 2.21. The third kappa shape index (κ3) is 3.19. The summed E-state index contributed by atoms with van der Waals surface area (Å²) < 4.78 is 5.77. The summed E-state index contributed by atoms with van der Waals surface area (Å²) in [6.45, 7) is 8.24. The Labute approximate surface area is 115 Å². The third-order valence-corrected chi connectivity index (χ3v) is 3.51. The molecule has 0 bridgehead atoms. The summed E-state index contributed by atoms with van der Waals surface area (Å²) in [4.78, 5) is 0. The van der Waals surface area contributed by atoms with Crippen LogP contribution in [0.25, 0.3) is 11.0 Å². The highest BCUT2D eigenvalue weighted by molar-refractivity contribution is 5.78. The van der Waals surface area contributed by atoms with Gasteiger partial charge in [-0.25, -0.2) is 0 Å². The molecule has 1 aromatic carbocycles. The van der Waals surface area contributed by atoms with Crippen molar-refractivity contribution in [3.05, 3.63) is 35.6 Å². The molecule has 1 unspecified atom stereocenters. The Morgan fingerprint density at radius 1 is 1.21 bits per heavy atom. The van der Waals surface area contributed by atoms with Crippen LogP contribution in [-0.2, 0) is 6.42 Å². The molecule has 1 heterocycles. The Balaban J connectivity index is 2.30. The molecule has 0 aliphatic rings. The van der Waals surface area contributed by atoms with E-state index in [1.54, 1.807) is 0 Å². The van der Waals surface area contributed by atoms with E-state index in [0.717, 1.165) is 17.4 Å². The van der Waals surface area contributed by atoms with E-state index in [0.29, 0.717) is 5.76 Å². The summed E-state index contributed by atoms with van der Waals surface area (Å²) in [5.74, 6) is 0.662. The van der Waals surface area contributed by atoms with Crippen molar-refractivity contribution in [2.24, 2.45) is 5.41 Å². The molecular formula is C17H24O2. The molecule has 2 rings (SSSR count). The average Bonchev–Trinajstić information content (AvgIpc) is 2.76.